The van der Waals surface area contributed by atoms with E-state index < -0.39 is 11.5 Å². The maximum Gasteiger partial charge on any atom is 0.569 e. The summed E-state index contributed by atoms with van der Waals surface area (Å²) in [5.74, 6) is -0.787. The van der Waals surface area contributed by atoms with E-state index in [4.69, 9.17) is 26.3 Å². The first-order chi connectivity index (χ1) is 7.86. The van der Waals surface area contributed by atoms with Crippen LogP contribution in [-0.2, 0) is 11.2 Å². The predicted molar refractivity (Wildman–Crippen MR) is 63.4 cm³/mol. The Balaban J connectivity index is 2.87. The van der Waals surface area contributed by atoms with Crippen molar-refractivity contribution in [3.63, 3.8) is 0 Å². The number of hydrogen-bond donors (Lipinski definition) is 4. The lowest BCUT2D eigenvalue weighted by Crippen LogP contribution is -2.46. The van der Waals surface area contributed by atoms with Crippen molar-refractivity contribution in [3.05, 3.63) is 23.8 Å². The van der Waals surface area contributed by atoms with Gasteiger partial charge in [0.1, 0.15) is 11.3 Å². The van der Waals surface area contributed by atoms with E-state index >= 15 is 0 Å². The average molecular weight is 237 g/mol. The quantitative estimate of drug-likeness (QED) is 0.405. The van der Waals surface area contributed by atoms with Crippen molar-refractivity contribution in [2.24, 2.45) is 5.73 Å². The molecule has 0 bridgehead atoms. The maximum absolute atomic E-state index is 10.9. The van der Waals surface area contributed by atoms with Crippen LogP contribution in [0.25, 0.3) is 0 Å². The van der Waals surface area contributed by atoms with Crippen LogP contribution in [0.4, 0.5) is 5.69 Å². The van der Waals surface area contributed by atoms with Gasteiger partial charge >= 0.3 is 13.7 Å². The van der Waals surface area contributed by atoms with Gasteiger partial charge in [-0.3, -0.25) is 4.79 Å². The highest BCUT2D eigenvalue weighted by atomic mass is 16.5. The molecule has 0 aromatic heterocycles. The Morgan fingerprint density at radius 2 is 2.24 bits per heavy atom. The van der Waals surface area contributed by atoms with Crippen LogP contribution >= 0.6 is 0 Å². The van der Waals surface area contributed by atoms with Crippen molar-refractivity contribution in [1.82, 2.24) is 0 Å². The first-order valence-electron chi connectivity index (χ1n) is 4.90. The van der Waals surface area contributed by atoms with Crippen molar-refractivity contribution < 1.29 is 19.6 Å². The van der Waals surface area contributed by atoms with Crippen LogP contribution < -0.4 is 16.1 Å². The summed E-state index contributed by atoms with van der Waals surface area (Å²) in [7, 11) is 0.523. The highest BCUT2D eigenvalue weighted by molar-refractivity contribution is 6.17. The summed E-state index contributed by atoms with van der Waals surface area (Å²) in [6.07, 6.45) is 0.148. The molecule has 17 heavy (non-hydrogen) atoms. The summed E-state index contributed by atoms with van der Waals surface area (Å²) in [6.45, 7) is 1.43. The van der Waals surface area contributed by atoms with E-state index in [2.05, 4.69) is 0 Å². The fraction of sp³-hybridized carbons (Fsp3) is 0.300. The van der Waals surface area contributed by atoms with Gasteiger partial charge in [0.25, 0.3) is 0 Å². The van der Waals surface area contributed by atoms with Gasteiger partial charge in [0.2, 0.25) is 0 Å². The first kappa shape index (κ1) is 13.3. The van der Waals surface area contributed by atoms with Gasteiger partial charge < -0.3 is 26.3 Å². The third kappa shape index (κ3) is 3.37. The zero-order valence-electron chi connectivity index (χ0n) is 9.38. The smallest absolute Gasteiger partial charge is 0.536 e. The molecule has 0 unspecified atom stereocenters. The number of carboxylic acid groups (broad SMARTS) is 1. The van der Waals surface area contributed by atoms with Crippen LogP contribution in [0.5, 0.6) is 5.75 Å². The summed E-state index contributed by atoms with van der Waals surface area (Å²) < 4.78 is 4.73. The molecule has 1 rings (SSSR count). The zero-order valence-corrected chi connectivity index (χ0v) is 9.38. The molecule has 0 fully saturated rings. The molecule has 1 aromatic carbocycles. The van der Waals surface area contributed by atoms with Crippen molar-refractivity contribution in [1.29, 1.82) is 0 Å². The van der Waals surface area contributed by atoms with Crippen LogP contribution in [0.15, 0.2) is 18.2 Å². The zero-order chi connectivity index (χ0) is 13.1. The number of anilines is 1. The second kappa shape index (κ2) is 5.07. The Morgan fingerprint density at radius 1 is 1.59 bits per heavy atom. The molecule has 1 atom stereocenters. The molecule has 0 saturated carbocycles. The average Bonchev–Trinajstić information content (AvgIpc) is 2.21. The minimum Gasteiger partial charge on any atom is -0.536 e. The van der Waals surface area contributed by atoms with E-state index in [0.717, 1.165) is 0 Å². The molecule has 0 saturated heterocycles. The van der Waals surface area contributed by atoms with Gasteiger partial charge in [-0.15, -0.1) is 0 Å². The van der Waals surface area contributed by atoms with E-state index in [-0.39, 0.29) is 6.42 Å². The van der Waals surface area contributed by atoms with Crippen LogP contribution in [-0.4, -0.2) is 29.3 Å². The van der Waals surface area contributed by atoms with Gasteiger partial charge in [0.15, 0.2) is 0 Å². The molecule has 1 aromatic rings. The Bertz CT molecular complexity index is 423. The van der Waals surface area contributed by atoms with Gasteiger partial charge in [-0.2, -0.15) is 0 Å². The fourth-order valence-corrected chi connectivity index (χ4v) is 1.37. The number of nitrogen functional groups attached to an aromatic ring is 1. The summed E-state index contributed by atoms with van der Waals surface area (Å²) in [5, 5.41) is 17.4. The molecule has 6 N–H and O–H groups in total. The molecule has 0 aliphatic heterocycles. The Kier molecular flexibility index (Phi) is 3.98. The second-order valence-corrected chi connectivity index (χ2v) is 3.99. The topological polar surface area (TPSA) is 119 Å². The Hall–Kier alpha value is -1.73. The molecule has 1 radical (unpaired) electrons. The molecule has 7 heteroatoms. The first-order valence-corrected chi connectivity index (χ1v) is 4.90. The highest BCUT2D eigenvalue weighted by Gasteiger charge is 2.28. The minimum atomic E-state index is -1.35. The van der Waals surface area contributed by atoms with Gasteiger partial charge in [0.05, 0.1) is 5.69 Å². The summed E-state index contributed by atoms with van der Waals surface area (Å²) in [5.41, 5.74) is 10.9. The molecule has 91 valence electrons. The molecular formula is C10H14BN2O4. The van der Waals surface area contributed by atoms with Crippen molar-refractivity contribution >= 4 is 19.3 Å². The molecule has 0 spiro atoms. The van der Waals surface area contributed by atoms with Gasteiger partial charge in [-0.05, 0) is 24.6 Å². The lowest BCUT2D eigenvalue weighted by Gasteiger charge is -2.19. The van der Waals surface area contributed by atoms with Crippen molar-refractivity contribution in [2.75, 3.05) is 5.73 Å². The number of hydrogen-bond acceptors (Lipinski definition) is 5. The van der Waals surface area contributed by atoms with Crippen molar-refractivity contribution in [2.45, 2.75) is 18.9 Å². The normalized spacial score (nSPS) is 13.8. The molecule has 0 aliphatic carbocycles. The SMILES string of the molecule is C[C@](N)(Cc1ccc(O[B]O)c(N)c1)C(=O)O. The van der Waals surface area contributed by atoms with Gasteiger partial charge in [-0.25, -0.2) is 0 Å². The highest BCUT2D eigenvalue weighted by Crippen LogP contribution is 2.23. The number of aliphatic carboxylic acids is 1. The molecule has 0 aliphatic rings. The number of carboxylic acids is 1. The summed E-state index contributed by atoms with van der Waals surface area (Å²) in [6, 6.07) is 4.74. The van der Waals surface area contributed by atoms with Crippen LogP contribution in [0.3, 0.4) is 0 Å². The van der Waals surface area contributed by atoms with Gasteiger partial charge in [0, 0.05) is 6.42 Å². The van der Waals surface area contributed by atoms with Crippen LogP contribution in [0, 0.1) is 0 Å². The lowest BCUT2D eigenvalue weighted by molar-refractivity contribution is -0.142. The predicted octanol–water partition coefficient (Wildman–Crippen LogP) is -0.481. The Morgan fingerprint density at radius 3 is 2.71 bits per heavy atom. The minimum absolute atomic E-state index is 0.148. The van der Waals surface area contributed by atoms with E-state index in [1.54, 1.807) is 12.1 Å². The number of rotatable bonds is 5. The third-order valence-electron chi connectivity index (χ3n) is 2.31. The standard InChI is InChI=1S/C10H14BN2O4/c1-10(13,9(14)15)5-6-2-3-8(17-11-16)7(12)4-6/h2-4,16H,5,12-13H2,1H3,(H,14,15)/t10-/m0/s1. The third-order valence-corrected chi connectivity index (χ3v) is 2.31. The number of benzene rings is 1. The summed E-state index contributed by atoms with van der Waals surface area (Å²) >= 11 is 0. The molecule has 0 amide bonds. The number of carbonyl (C=O) groups is 1. The van der Waals surface area contributed by atoms with E-state index in [1.807, 2.05) is 0 Å². The van der Waals surface area contributed by atoms with Crippen molar-refractivity contribution in [3.8, 4) is 5.75 Å². The molecule has 0 heterocycles. The van der Waals surface area contributed by atoms with E-state index in [9.17, 15) is 4.79 Å². The maximum atomic E-state index is 10.9. The Labute approximate surface area is 99.5 Å². The lowest BCUT2D eigenvalue weighted by atomic mass is 9.94. The van der Waals surface area contributed by atoms with Crippen LogP contribution in [0.2, 0.25) is 0 Å². The van der Waals surface area contributed by atoms with Gasteiger partial charge in [-0.1, -0.05) is 6.07 Å². The van der Waals surface area contributed by atoms with E-state index in [0.29, 0.717) is 24.7 Å². The largest absolute Gasteiger partial charge is 0.569 e. The summed E-state index contributed by atoms with van der Waals surface area (Å²) in [4.78, 5) is 10.9. The van der Waals surface area contributed by atoms with Crippen LogP contribution in [0.1, 0.15) is 12.5 Å². The number of nitrogens with two attached hydrogens (primary N) is 2. The second-order valence-electron chi connectivity index (χ2n) is 3.99. The molecule has 6 nitrogen and oxygen atoms in total. The van der Waals surface area contributed by atoms with E-state index in [1.165, 1.54) is 13.0 Å². The fourth-order valence-electron chi connectivity index (χ4n) is 1.37. The molecular weight excluding hydrogens is 223 g/mol. The monoisotopic (exact) mass is 237 g/mol.